The van der Waals surface area contributed by atoms with Crippen molar-refractivity contribution in [1.82, 2.24) is 0 Å². The van der Waals surface area contributed by atoms with Crippen LogP contribution in [0.25, 0.3) is 0 Å². The van der Waals surface area contributed by atoms with E-state index in [9.17, 15) is 0 Å². The topological polar surface area (TPSA) is 0 Å². The SMILES string of the molecule is Br[CH-]Br.[Au].[Au].[CH2-]P([CH2-])(Br)(c1ccccc1)c1ccccc1.[CH2-][P+]([CH2-])(c1ccccc1)c1ccccc1. The quantitative estimate of drug-likeness (QED) is 0.109. The molecule has 0 saturated heterocycles. The first kappa shape index (κ1) is 36.7. The molecule has 36 heavy (non-hydrogen) atoms. The second kappa shape index (κ2) is 17.4. The van der Waals surface area contributed by atoms with Gasteiger partial charge in [0.25, 0.3) is 0 Å². The number of hydrogen-bond acceptors (Lipinski definition) is 0. The molecule has 202 valence electrons. The maximum atomic E-state index is 4.38. The van der Waals surface area contributed by atoms with E-state index in [1.807, 2.05) is 72.8 Å². The van der Waals surface area contributed by atoms with Crippen LogP contribution in [-0.2, 0) is 44.8 Å². The molecule has 4 rings (SSSR count). The Morgan fingerprint density at radius 1 is 0.528 bits per heavy atom. The van der Waals surface area contributed by atoms with E-state index in [4.69, 9.17) is 0 Å². The van der Waals surface area contributed by atoms with Gasteiger partial charge in [0.15, 0.2) is 0 Å². The largest absolute Gasteiger partial charge is 0.199 e. The fourth-order valence-electron chi connectivity index (χ4n) is 3.26. The molecule has 0 unspecified atom stereocenters. The van der Waals surface area contributed by atoms with Crippen LogP contribution in [0.3, 0.4) is 0 Å². The average molecular weight is 1070 g/mol. The van der Waals surface area contributed by atoms with E-state index in [1.54, 1.807) is 4.24 Å². The molecular formula is C29H29Au2Br3P2-4. The molecule has 0 nitrogen and oxygen atoms in total. The van der Waals surface area contributed by atoms with E-state index >= 15 is 0 Å². The van der Waals surface area contributed by atoms with Gasteiger partial charge in [-0.3, -0.25) is 0 Å². The standard InChI is InChI=1S/C14H14BrP.C14H14P.CHBr2.2Au/c1-16(2,15,13-9-5-3-6-10-13)14-11-7-4-8-12-14;1-15(2,13-9-5-3-6-10-13)14-11-7-4-8-12-14;2-1-3;;/h3-12H,1-2H2;3-12H,1-2H2;1H;;/q-2;2*-1;;. The minimum atomic E-state index is -2.62. The van der Waals surface area contributed by atoms with Crippen LogP contribution in [0.15, 0.2) is 121 Å². The number of hydrogen-bond donors (Lipinski definition) is 0. The van der Waals surface area contributed by atoms with Gasteiger partial charge in [-0.15, -0.1) is 0 Å². The molecular weight excluding hydrogens is 1040 g/mol. The maximum absolute atomic E-state index is 4.38. The van der Waals surface area contributed by atoms with Crippen LogP contribution in [-0.4, -0.2) is 0 Å². The minimum Gasteiger partial charge on any atom is -0.199 e. The van der Waals surface area contributed by atoms with Crippen molar-refractivity contribution in [2.24, 2.45) is 0 Å². The molecule has 0 spiro atoms. The monoisotopic (exact) mass is 1070 g/mol. The van der Waals surface area contributed by atoms with E-state index in [1.165, 1.54) is 21.2 Å². The molecule has 0 heterocycles. The van der Waals surface area contributed by atoms with Gasteiger partial charge in [-0.1, -0.05) is 36.4 Å². The summed E-state index contributed by atoms with van der Waals surface area (Å²) in [7, 11) is -1.65. The molecule has 4 aromatic carbocycles. The van der Waals surface area contributed by atoms with Gasteiger partial charge >= 0.3 is 105 Å². The summed E-state index contributed by atoms with van der Waals surface area (Å²) in [5.74, 6) is 0. The summed E-state index contributed by atoms with van der Waals surface area (Å²) in [6.45, 7) is 17.4. The van der Waals surface area contributed by atoms with Crippen LogP contribution >= 0.6 is 59.9 Å². The van der Waals surface area contributed by atoms with Crippen LogP contribution in [0.5, 0.6) is 0 Å². The Morgan fingerprint density at radius 2 is 0.750 bits per heavy atom. The van der Waals surface area contributed by atoms with Crippen molar-refractivity contribution in [3.63, 3.8) is 0 Å². The molecule has 4 aromatic rings. The zero-order valence-electron chi connectivity index (χ0n) is 19.6. The third-order valence-corrected chi connectivity index (χ3v) is 13.2. The Labute approximate surface area is 275 Å². The molecule has 0 saturated carbocycles. The van der Waals surface area contributed by atoms with Gasteiger partial charge in [-0.2, -0.15) is 20.6 Å². The molecule has 0 atom stereocenters. The van der Waals surface area contributed by atoms with Crippen LogP contribution in [0.4, 0.5) is 0 Å². The predicted molar refractivity (Wildman–Crippen MR) is 171 cm³/mol. The summed E-state index contributed by atoms with van der Waals surface area (Å²) in [5.41, 5.74) is 0. The van der Waals surface area contributed by atoms with Gasteiger partial charge in [0, 0.05) is 55.4 Å². The predicted octanol–water partition coefficient (Wildman–Crippen LogP) is 9.21. The molecule has 2 radical (unpaired) electrons. The number of benzene rings is 4. The normalized spacial score (nSPS) is 11.5. The Balaban J connectivity index is 0.000000585. The molecule has 0 amide bonds. The van der Waals surface area contributed by atoms with Crippen molar-refractivity contribution in [2.45, 2.75) is 0 Å². The summed E-state index contributed by atoms with van der Waals surface area (Å²) in [6.07, 6.45) is 0. The molecule has 0 N–H and O–H groups in total. The van der Waals surface area contributed by atoms with Crippen LogP contribution in [0, 0.1) is 30.9 Å². The van der Waals surface area contributed by atoms with Crippen LogP contribution in [0.1, 0.15) is 0 Å². The van der Waals surface area contributed by atoms with E-state index in [0.717, 1.165) is 0 Å². The maximum Gasteiger partial charge on any atom is 0.0408 e. The molecule has 0 aromatic heterocycles. The molecule has 7 heteroatoms. The fourth-order valence-corrected chi connectivity index (χ4v) is 8.48. The van der Waals surface area contributed by atoms with Crippen molar-refractivity contribution < 1.29 is 44.8 Å². The van der Waals surface area contributed by atoms with E-state index in [0.29, 0.717) is 0 Å². The molecule has 0 aliphatic heterocycles. The second-order valence-corrected chi connectivity index (χ2v) is 21.8. The van der Waals surface area contributed by atoms with Gasteiger partial charge in [0.2, 0.25) is 0 Å². The van der Waals surface area contributed by atoms with Gasteiger partial charge in [-0.05, 0) is 24.3 Å². The first-order valence-electron chi connectivity index (χ1n) is 10.4. The Bertz CT molecular complexity index is 1020. The average Bonchev–Trinajstić information content (AvgIpc) is 2.87. The molecule has 0 aliphatic carbocycles. The zero-order chi connectivity index (χ0) is 25.1. The Hall–Kier alpha value is 0.661. The van der Waals surface area contributed by atoms with E-state index in [-0.39, 0.29) is 44.8 Å². The number of rotatable bonds is 4. The first-order valence-corrected chi connectivity index (χ1v) is 19.0. The fraction of sp³-hybridized carbons (Fsp3) is 0. The second-order valence-electron chi connectivity index (χ2n) is 7.77. The summed E-state index contributed by atoms with van der Waals surface area (Å²) in [6, 6.07) is 41.1. The van der Waals surface area contributed by atoms with Crippen LogP contribution in [0.2, 0.25) is 0 Å². The third-order valence-electron chi connectivity index (χ3n) is 5.20. The smallest absolute Gasteiger partial charge is 0.0408 e. The molecule has 0 bridgehead atoms. The first-order chi connectivity index (χ1) is 16.1. The van der Waals surface area contributed by atoms with Crippen LogP contribution < -0.4 is 21.2 Å². The van der Waals surface area contributed by atoms with Crippen molar-refractivity contribution in [2.75, 3.05) is 0 Å². The third kappa shape index (κ3) is 10.7. The van der Waals surface area contributed by atoms with E-state index in [2.05, 4.69) is 123 Å². The Morgan fingerprint density at radius 3 is 1.00 bits per heavy atom. The van der Waals surface area contributed by atoms with Crippen molar-refractivity contribution in [3.05, 3.63) is 152 Å². The summed E-state index contributed by atoms with van der Waals surface area (Å²) >= 11 is 9.69. The molecule has 0 aliphatic rings. The van der Waals surface area contributed by atoms with Gasteiger partial charge in [-0.25, -0.2) is 4.24 Å². The summed E-state index contributed by atoms with van der Waals surface area (Å²) in [4.78, 5) is 0. The Kier molecular flexibility index (Phi) is 17.7. The van der Waals surface area contributed by atoms with Crippen molar-refractivity contribution in [1.29, 1.82) is 0 Å². The molecule has 0 fully saturated rings. The van der Waals surface area contributed by atoms with Crippen molar-refractivity contribution >= 4 is 81.1 Å². The van der Waals surface area contributed by atoms with Gasteiger partial charge in [0.1, 0.15) is 0 Å². The van der Waals surface area contributed by atoms with Gasteiger partial charge < -0.3 is 31.9 Å². The summed E-state index contributed by atoms with van der Waals surface area (Å²) in [5, 5.41) is 2.21. The van der Waals surface area contributed by atoms with Gasteiger partial charge in [0.05, 0.1) is 0 Å². The zero-order valence-corrected chi connectivity index (χ0v) is 30.5. The van der Waals surface area contributed by atoms with E-state index < -0.39 is 12.6 Å². The number of halogens is 3. The minimum absolute atomic E-state index is 0. The summed E-state index contributed by atoms with van der Waals surface area (Å²) < 4.78 is 1.62. The van der Waals surface area contributed by atoms with Crippen molar-refractivity contribution in [3.8, 4) is 0 Å².